The molecule has 3 rings (SSSR count). The normalized spacial score (nSPS) is 21.0. The molecule has 7 nitrogen and oxygen atoms in total. The molecule has 2 fully saturated rings. The van der Waals surface area contributed by atoms with Crippen molar-refractivity contribution in [3.05, 3.63) is 33.2 Å². The van der Waals surface area contributed by atoms with Crippen molar-refractivity contribution in [3.8, 4) is 6.07 Å². The van der Waals surface area contributed by atoms with Crippen molar-refractivity contribution in [3.63, 3.8) is 0 Å². The molecule has 146 valence electrons. The van der Waals surface area contributed by atoms with Gasteiger partial charge in [-0.1, -0.05) is 0 Å². The van der Waals surface area contributed by atoms with E-state index in [0.717, 1.165) is 52.1 Å². The third kappa shape index (κ3) is 4.23. The van der Waals surface area contributed by atoms with Gasteiger partial charge >= 0.3 is 0 Å². The van der Waals surface area contributed by atoms with Crippen molar-refractivity contribution in [1.29, 1.82) is 5.26 Å². The number of hydrogen-bond acceptors (Lipinski definition) is 5. The fourth-order valence-electron chi connectivity index (χ4n) is 4.21. The van der Waals surface area contributed by atoms with Gasteiger partial charge in [-0.05, 0) is 45.7 Å². The fourth-order valence-corrected chi connectivity index (χ4v) is 4.21. The van der Waals surface area contributed by atoms with E-state index in [1.807, 2.05) is 11.0 Å². The van der Waals surface area contributed by atoms with Crippen LogP contribution in [0.5, 0.6) is 0 Å². The molecule has 1 amide bonds. The van der Waals surface area contributed by atoms with E-state index in [2.05, 4.69) is 28.8 Å². The van der Waals surface area contributed by atoms with Gasteiger partial charge in [0.1, 0.15) is 11.6 Å². The zero-order chi connectivity index (χ0) is 19.6. The largest absolute Gasteiger partial charge is 0.339 e. The molecule has 2 aliphatic heterocycles. The summed E-state index contributed by atoms with van der Waals surface area (Å²) < 4.78 is 0. The molecule has 0 spiro atoms. The maximum atomic E-state index is 12.9. The van der Waals surface area contributed by atoms with Crippen LogP contribution in [-0.2, 0) is 0 Å². The smallest absolute Gasteiger partial charge is 0.266 e. The van der Waals surface area contributed by atoms with Gasteiger partial charge in [-0.3, -0.25) is 14.5 Å². The summed E-state index contributed by atoms with van der Waals surface area (Å²) in [6, 6.07) is 3.82. The van der Waals surface area contributed by atoms with Crippen LogP contribution in [0.25, 0.3) is 0 Å². The number of pyridine rings is 1. The van der Waals surface area contributed by atoms with Gasteiger partial charge in [0.25, 0.3) is 11.5 Å². The number of carbonyl (C=O) groups is 1. The third-order valence-corrected chi connectivity index (χ3v) is 6.21. The van der Waals surface area contributed by atoms with Crippen molar-refractivity contribution < 1.29 is 4.79 Å². The number of nitrogens with zero attached hydrogens (tertiary/aromatic N) is 4. The first kappa shape index (κ1) is 19.6. The lowest BCUT2D eigenvalue weighted by Crippen LogP contribution is -2.52. The highest BCUT2D eigenvalue weighted by Gasteiger charge is 2.31. The third-order valence-electron chi connectivity index (χ3n) is 6.21. The minimum atomic E-state index is -0.439. The molecule has 1 atom stereocenters. The summed E-state index contributed by atoms with van der Waals surface area (Å²) in [4.78, 5) is 34.0. The van der Waals surface area contributed by atoms with Crippen LogP contribution in [0.1, 0.15) is 41.4 Å². The summed E-state index contributed by atoms with van der Waals surface area (Å²) in [6.07, 6.45) is 1.99. The lowest BCUT2D eigenvalue weighted by molar-refractivity contribution is 0.0499. The number of piperazine rings is 1. The number of aromatic nitrogens is 1. The van der Waals surface area contributed by atoms with Gasteiger partial charge in [0, 0.05) is 51.0 Å². The van der Waals surface area contributed by atoms with Crippen LogP contribution in [0.4, 0.5) is 0 Å². The SMILES string of the molecule is Cc1[nH]c(=O)c(C#N)cc1C(=O)N1CCC(C(C)N2CCN(C)CC2)CC1. The molecular formula is C20H29N5O2. The molecule has 3 heterocycles. The Balaban J connectivity index is 1.61. The number of aromatic amines is 1. The molecule has 0 aromatic carbocycles. The Morgan fingerprint density at radius 1 is 1.22 bits per heavy atom. The molecule has 1 unspecified atom stereocenters. The van der Waals surface area contributed by atoms with Gasteiger partial charge in [-0.2, -0.15) is 5.26 Å². The van der Waals surface area contributed by atoms with E-state index in [9.17, 15) is 9.59 Å². The maximum absolute atomic E-state index is 12.9. The van der Waals surface area contributed by atoms with Gasteiger partial charge in [-0.25, -0.2) is 0 Å². The fraction of sp³-hybridized carbons (Fsp3) is 0.650. The number of likely N-dealkylation sites (N-methyl/N-ethyl adjacent to an activating group) is 1. The zero-order valence-corrected chi connectivity index (χ0v) is 16.5. The molecule has 27 heavy (non-hydrogen) atoms. The van der Waals surface area contributed by atoms with E-state index in [1.165, 1.54) is 6.07 Å². The molecule has 1 N–H and O–H groups in total. The Morgan fingerprint density at radius 3 is 2.44 bits per heavy atom. The van der Waals surface area contributed by atoms with Gasteiger partial charge < -0.3 is 14.8 Å². The van der Waals surface area contributed by atoms with E-state index in [1.54, 1.807) is 6.92 Å². The number of carbonyl (C=O) groups excluding carboxylic acids is 1. The number of aryl methyl sites for hydroxylation is 1. The van der Waals surface area contributed by atoms with Gasteiger partial charge in [0.2, 0.25) is 0 Å². The minimum absolute atomic E-state index is 0.0116. The summed E-state index contributed by atoms with van der Waals surface area (Å²) >= 11 is 0. The number of hydrogen-bond donors (Lipinski definition) is 1. The van der Waals surface area contributed by atoms with E-state index in [4.69, 9.17) is 5.26 Å². The molecular weight excluding hydrogens is 342 g/mol. The average molecular weight is 371 g/mol. The highest BCUT2D eigenvalue weighted by atomic mass is 16.2. The first-order chi connectivity index (χ1) is 12.9. The Bertz CT molecular complexity index is 781. The molecule has 0 saturated carbocycles. The maximum Gasteiger partial charge on any atom is 0.266 e. The predicted octanol–water partition coefficient (Wildman–Crippen LogP) is 1.04. The average Bonchev–Trinajstić information content (AvgIpc) is 2.68. The summed E-state index contributed by atoms with van der Waals surface area (Å²) in [6.45, 7) is 9.94. The standard InChI is InChI=1S/C20H29N5O2/c1-14-18(12-17(13-21)19(26)22-14)20(27)25-6-4-16(5-7-25)15(2)24-10-8-23(3)9-11-24/h12,15-16H,4-11H2,1-3H3,(H,22,26). The van der Waals surface area contributed by atoms with Crippen molar-refractivity contribution in [2.45, 2.75) is 32.7 Å². The van der Waals surface area contributed by atoms with E-state index >= 15 is 0 Å². The van der Waals surface area contributed by atoms with Crippen LogP contribution in [0.2, 0.25) is 0 Å². The van der Waals surface area contributed by atoms with Crippen LogP contribution < -0.4 is 5.56 Å². The monoisotopic (exact) mass is 371 g/mol. The quantitative estimate of drug-likeness (QED) is 0.858. The Hall–Kier alpha value is -2.17. The number of nitrogens with one attached hydrogen (secondary N) is 1. The molecule has 2 saturated heterocycles. The second-order valence-electron chi connectivity index (χ2n) is 7.87. The van der Waals surface area contributed by atoms with Gasteiger partial charge in [0.15, 0.2) is 0 Å². The molecule has 2 aliphatic rings. The van der Waals surface area contributed by atoms with Crippen LogP contribution in [0, 0.1) is 24.2 Å². The van der Waals surface area contributed by atoms with Gasteiger partial charge in [-0.15, -0.1) is 0 Å². The van der Waals surface area contributed by atoms with Crippen LogP contribution >= 0.6 is 0 Å². The zero-order valence-electron chi connectivity index (χ0n) is 16.5. The van der Waals surface area contributed by atoms with Crippen LogP contribution in [-0.4, -0.2) is 77.9 Å². The molecule has 7 heteroatoms. The highest BCUT2D eigenvalue weighted by molar-refractivity contribution is 5.95. The molecule has 0 radical (unpaired) electrons. The number of nitriles is 1. The molecule has 0 aliphatic carbocycles. The summed E-state index contributed by atoms with van der Waals surface area (Å²) in [5.41, 5.74) is 0.502. The van der Waals surface area contributed by atoms with E-state index in [-0.39, 0.29) is 11.5 Å². The minimum Gasteiger partial charge on any atom is -0.339 e. The molecule has 1 aromatic rings. The molecule has 0 bridgehead atoms. The number of likely N-dealkylation sites (tertiary alicyclic amines) is 1. The van der Waals surface area contributed by atoms with Crippen LogP contribution in [0.3, 0.4) is 0 Å². The Morgan fingerprint density at radius 2 is 1.85 bits per heavy atom. The molecule has 1 aromatic heterocycles. The van der Waals surface area contributed by atoms with E-state index < -0.39 is 5.56 Å². The van der Waals surface area contributed by atoms with Crippen molar-refractivity contribution in [1.82, 2.24) is 19.7 Å². The van der Waals surface area contributed by atoms with Crippen molar-refractivity contribution in [2.24, 2.45) is 5.92 Å². The number of amides is 1. The summed E-state index contributed by atoms with van der Waals surface area (Å²) in [5, 5.41) is 9.06. The van der Waals surface area contributed by atoms with Crippen molar-refractivity contribution in [2.75, 3.05) is 46.3 Å². The summed E-state index contributed by atoms with van der Waals surface area (Å²) in [5.74, 6) is 0.509. The number of piperidine rings is 1. The van der Waals surface area contributed by atoms with Crippen LogP contribution in [0.15, 0.2) is 10.9 Å². The second-order valence-corrected chi connectivity index (χ2v) is 7.87. The van der Waals surface area contributed by atoms with Crippen molar-refractivity contribution >= 4 is 5.91 Å². The van der Waals surface area contributed by atoms with Gasteiger partial charge in [0.05, 0.1) is 5.56 Å². The first-order valence-corrected chi connectivity index (χ1v) is 9.76. The topological polar surface area (TPSA) is 83.4 Å². The first-order valence-electron chi connectivity index (χ1n) is 9.76. The number of rotatable bonds is 3. The highest BCUT2D eigenvalue weighted by Crippen LogP contribution is 2.26. The lowest BCUT2D eigenvalue weighted by Gasteiger charge is -2.42. The second kappa shape index (κ2) is 8.24. The number of H-pyrrole nitrogens is 1. The summed E-state index contributed by atoms with van der Waals surface area (Å²) in [7, 11) is 2.17. The Kier molecular flexibility index (Phi) is 5.98. The predicted molar refractivity (Wildman–Crippen MR) is 104 cm³/mol. The Labute approximate surface area is 160 Å². The van der Waals surface area contributed by atoms with E-state index in [0.29, 0.717) is 23.2 Å². The lowest BCUT2D eigenvalue weighted by atomic mass is 9.88.